The van der Waals surface area contributed by atoms with Crippen molar-refractivity contribution in [1.29, 1.82) is 0 Å². The van der Waals surface area contributed by atoms with Gasteiger partial charge in [-0.05, 0) is 51.2 Å². The van der Waals surface area contributed by atoms with Gasteiger partial charge < -0.3 is 9.64 Å². The van der Waals surface area contributed by atoms with Gasteiger partial charge in [0.15, 0.2) is 0 Å². The van der Waals surface area contributed by atoms with Crippen molar-refractivity contribution in [3.63, 3.8) is 0 Å². The van der Waals surface area contributed by atoms with Crippen LogP contribution in [-0.4, -0.2) is 34.9 Å². The summed E-state index contributed by atoms with van der Waals surface area (Å²) in [7, 11) is 0. The molecule has 1 fully saturated rings. The van der Waals surface area contributed by atoms with E-state index in [1.165, 1.54) is 0 Å². The second kappa shape index (κ2) is 5.72. The van der Waals surface area contributed by atoms with Crippen LogP contribution in [0.4, 0.5) is 4.79 Å². The average molecular weight is 273 g/mol. The van der Waals surface area contributed by atoms with E-state index in [9.17, 15) is 4.79 Å². The first-order chi connectivity index (χ1) is 8.14. The smallest absolute Gasteiger partial charge is 0.410 e. The van der Waals surface area contributed by atoms with Crippen molar-refractivity contribution in [3.8, 4) is 0 Å². The van der Waals surface area contributed by atoms with Gasteiger partial charge in [-0.2, -0.15) is 12.6 Å². The maximum absolute atomic E-state index is 12.3. The molecule has 0 aromatic carbocycles. The molecule has 0 aromatic rings. The van der Waals surface area contributed by atoms with Crippen LogP contribution in [0.1, 0.15) is 53.9 Å². The summed E-state index contributed by atoms with van der Waals surface area (Å²) >= 11 is 4.29. The quantitative estimate of drug-likeness (QED) is 0.777. The molecule has 1 unspecified atom stereocenters. The molecule has 3 nitrogen and oxygen atoms in total. The lowest BCUT2D eigenvalue weighted by Crippen LogP contribution is -2.51. The molecule has 1 amide bonds. The van der Waals surface area contributed by atoms with E-state index in [1.54, 1.807) is 0 Å². The molecule has 0 radical (unpaired) electrons. The van der Waals surface area contributed by atoms with Crippen LogP contribution in [0.25, 0.3) is 0 Å². The number of amides is 1. The molecule has 1 saturated heterocycles. The molecule has 0 aromatic heterocycles. The second-order valence-electron chi connectivity index (χ2n) is 6.98. The van der Waals surface area contributed by atoms with Gasteiger partial charge in [0.05, 0.1) is 0 Å². The van der Waals surface area contributed by atoms with E-state index in [0.717, 1.165) is 31.6 Å². The zero-order chi connectivity index (χ0) is 14.0. The highest BCUT2D eigenvalue weighted by Crippen LogP contribution is 2.34. The minimum atomic E-state index is -0.426. The minimum absolute atomic E-state index is 0.179. The molecule has 18 heavy (non-hydrogen) atoms. The van der Waals surface area contributed by atoms with Crippen LogP contribution in [-0.2, 0) is 4.74 Å². The number of ether oxygens (including phenoxy) is 1. The second-order valence-corrected chi connectivity index (χ2v) is 7.42. The predicted molar refractivity (Wildman–Crippen MR) is 78.2 cm³/mol. The van der Waals surface area contributed by atoms with Gasteiger partial charge in [-0.15, -0.1) is 0 Å². The van der Waals surface area contributed by atoms with Crippen LogP contribution in [0.3, 0.4) is 0 Å². The van der Waals surface area contributed by atoms with Crippen molar-refractivity contribution in [3.05, 3.63) is 0 Å². The van der Waals surface area contributed by atoms with Crippen molar-refractivity contribution in [1.82, 2.24) is 4.90 Å². The first-order valence-electron chi connectivity index (χ1n) is 6.75. The number of carbonyl (C=O) groups excluding carboxylic acids is 1. The van der Waals surface area contributed by atoms with Gasteiger partial charge in [0, 0.05) is 12.6 Å². The highest BCUT2D eigenvalue weighted by atomic mass is 32.1. The molecule has 0 N–H and O–H groups in total. The fourth-order valence-corrected chi connectivity index (χ4v) is 2.66. The van der Waals surface area contributed by atoms with Crippen molar-refractivity contribution in [2.45, 2.75) is 65.5 Å². The molecular weight excluding hydrogens is 246 g/mol. The van der Waals surface area contributed by atoms with Crippen LogP contribution in [0.2, 0.25) is 0 Å². The highest BCUT2D eigenvalue weighted by molar-refractivity contribution is 7.80. The lowest BCUT2D eigenvalue weighted by Gasteiger charge is -2.43. The molecule has 1 rings (SSSR count). The van der Waals surface area contributed by atoms with E-state index in [4.69, 9.17) is 4.74 Å². The Morgan fingerprint density at radius 2 is 2.06 bits per heavy atom. The number of nitrogens with zero attached hydrogens (tertiary/aromatic N) is 1. The van der Waals surface area contributed by atoms with Gasteiger partial charge in [-0.3, -0.25) is 0 Å². The van der Waals surface area contributed by atoms with Gasteiger partial charge in [0.2, 0.25) is 0 Å². The van der Waals surface area contributed by atoms with Crippen LogP contribution in [0, 0.1) is 5.41 Å². The Labute approximate surface area is 117 Å². The Bertz CT molecular complexity index is 297. The normalized spacial score (nSPS) is 23.9. The number of likely N-dealkylation sites (tertiary alicyclic amines) is 1. The fraction of sp³-hybridized carbons (Fsp3) is 0.929. The largest absolute Gasteiger partial charge is 0.444 e. The van der Waals surface area contributed by atoms with Crippen molar-refractivity contribution in [2.75, 3.05) is 12.3 Å². The minimum Gasteiger partial charge on any atom is -0.444 e. The maximum atomic E-state index is 12.3. The van der Waals surface area contributed by atoms with Gasteiger partial charge in [0.25, 0.3) is 0 Å². The molecule has 4 heteroatoms. The van der Waals surface area contributed by atoms with E-state index in [2.05, 4.69) is 26.5 Å². The third-order valence-corrected chi connectivity index (χ3v) is 3.54. The van der Waals surface area contributed by atoms with Crippen molar-refractivity contribution >= 4 is 18.7 Å². The lowest BCUT2D eigenvalue weighted by atomic mass is 9.81. The monoisotopic (exact) mass is 273 g/mol. The van der Waals surface area contributed by atoms with E-state index in [1.807, 2.05) is 25.7 Å². The maximum Gasteiger partial charge on any atom is 0.410 e. The molecular formula is C14H27NO2S. The summed E-state index contributed by atoms with van der Waals surface area (Å²) in [6, 6.07) is 0.283. The summed E-state index contributed by atoms with van der Waals surface area (Å²) < 4.78 is 5.51. The number of hydrogen-bond acceptors (Lipinski definition) is 3. The highest BCUT2D eigenvalue weighted by Gasteiger charge is 2.37. The lowest BCUT2D eigenvalue weighted by molar-refractivity contribution is -0.00773. The van der Waals surface area contributed by atoms with Gasteiger partial charge in [-0.25, -0.2) is 4.79 Å². The Balaban J connectivity index is 2.75. The molecule has 0 spiro atoms. The van der Waals surface area contributed by atoms with Gasteiger partial charge >= 0.3 is 6.09 Å². The van der Waals surface area contributed by atoms with Gasteiger partial charge in [0.1, 0.15) is 5.60 Å². The summed E-state index contributed by atoms with van der Waals surface area (Å²) in [5, 5.41) is 0. The first kappa shape index (κ1) is 15.7. The molecule has 106 valence electrons. The standard InChI is InChI=1S/C14H27NO2S/c1-13(2,3)17-12(16)15-10-14(4,5)8-6-11(15)7-9-18/h11,18H,6-10H2,1-5H3. The molecule has 1 atom stereocenters. The topological polar surface area (TPSA) is 29.5 Å². The molecule has 0 saturated carbocycles. The number of hydrogen-bond donors (Lipinski definition) is 1. The van der Waals surface area contributed by atoms with E-state index < -0.39 is 5.60 Å². The third kappa shape index (κ3) is 4.71. The van der Waals surface area contributed by atoms with Crippen LogP contribution in [0.5, 0.6) is 0 Å². The molecule has 1 aliphatic heterocycles. The van der Waals surface area contributed by atoms with E-state index in [-0.39, 0.29) is 17.6 Å². The number of rotatable bonds is 2. The van der Waals surface area contributed by atoms with Gasteiger partial charge in [-0.1, -0.05) is 13.8 Å². The Kier molecular flexibility index (Phi) is 4.98. The zero-order valence-corrected chi connectivity index (χ0v) is 13.2. The molecule has 0 aliphatic carbocycles. The van der Waals surface area contributed by atoms with Crippen LogP contribution >= 0.6 is 12.6 Å². The number of piperidine rings is 1. The van der Waals surface area contributed by atoms with Crippen LogP contribution in [0.15, 0.2) is 0 Å². The molecule has 1 heterocycles. The summed E-state index contributed by atoms with van der Waals surface area (Å²) in [6.45, 7) is 10.9. The van der Waals surface area contributed by atoms with Crippen molar-refractivity contribution < 1.29 is 9.53 Å². The fourth-order valence-electron chi connectivity index (χ4n) is 2.37. The third-order valence-electron chi connectivity index (χ3n) is 3.28. The molecule has 0 bridgehead atoms. The Morgan fingerprint density at radius 1 is 1.44 bits per heavy atom. The predicted octanol–water partition coefficient (Wildman–Crippen LogP) is 3.73. The van der Waals surface area contributed by atoms with Crippen molar-refractivity contribution in [2.24, 2.45) is 5.41 Å². The average Bonchev–Trinajstić information content (AvgIpc) is 2.18. The van der Waals surface area contributed by atoms with Crippen LogP contribution < -0.4 is 0 Å². The first-order valence-corrected chi connectivity index (χ1v) is 7.38. The van der Waals surface area contributed by atoms with E-state index >= 15 is 0 Å². The SMILES string of the molecule is CC1(C)CCC(CCS)N(C(=O)OC(C)(C)C)C1. The number of thiol groups is 1. The number of carbonyl (C=O) groups is 1. The Morgan fingerprint density at radius 3 is 2.56 bits per heavy atom. The summed E-state index contributed by atoms with van der Waals surface area (Å²) in [4.78, 5) is 14.2. The summed E-state index contributed by atoms with van der Waals surface area (Å²) in [5.41, 5.74) is -0.242. The zero-order valence-electron chi connectivity index (χ0n) is 12.3. The summed E-state index contributed by atoms with van der Waals surface area (Å²) in [5.74, 6) is 0.810. The summed E-state index contributed by atoms with van der Waals surface area (Å²) in [6.07, 6.45) is 2.97. The van der Waals surface area contributed by atoms with E-state index in [0.29, 0.717) is 0 Å². The Hall–Kier alpha value is -0.380. The molecule has 1 aliphatic rings.